The number of hydrogen-bond donors (Lipinski definition) is 1. The molecule has 3 aromatic rings. The fourth-order valence-electron chi connectivity index (χ4n) is 2.53. The van der Waals surface area contributed by atoms with Gasteiger partial charge in [0.25, 0.3) is 5.91 Å². The molecule has 5 heteroatoms. The van der Waals surface area contributed by atoms with Crippen molar-refractivity contribution in [3.63, 3.8) is 0 Å². The predicted molar refractivity (Wildman–Crippen MR) is 96.4 cm³/mol. The molecule has 0 unspecified atom stereocenters. The van der Waals surface area contributed by atoms with Crippen molar-refractivity contribution in [2.75, 3.05) is 13.2 Å². The molecule has 1 aromatic heterocycles. The number of nitrogens with one attached hydrogen (secondary N) is 1. The first-order chi connectivity index (χ1) is 12.3. The number of rotatable bonds is 8. The van der Waals surface area contributed by atoms with Crippen LogP contribution in [0.4, 0.5) is 0 Å². The average Bonchev–Trinajstić information content (AvgIpc) is 3.09. The second-order valence-corrected chi connectivity index (χ2v) is 5.70. The maximum absolute atomic E-state index is 11.9. The van der Waals surface area contributed by atoms with E-state index in [9.17, 15) is 4.79 Å². The number of carbonyl (C=O) groups excluding carboxylic acids is 1. The minimum atomic E-state index is -0.127. The maximum atomic E-state index is 11.9. The van der Waals surface area contributed by atoms with Crippen LogP contribution in [0.2, 0.25) is 0 Å². The molecule has 2 aromatic carbocycles. The van der Waals surface area contributed by atoms with Crippen LogP contribution in [0.25, 0.3) is 0 Å². The molecular weight excluding hydrogens is 314 g/mol. The number of ether oxygens (including phenoxy) is 1. The van der Waals surface area contributed by atoms with Gasteiger partial charge in [0.2, 0.25) is 0 Å². The molecule has 0 aliphatic carbocycles. The van der Waals surface area contributed by atoms with E-state index in [0.29, 0.717) is 12.3 Å². The summed E-state index contributed by atoms with van der Waals surface area (Å²) in [5.74, 6) is 0.566. The summed E-state index contributed by atoms with van der Waals surface area (Å²) < 4.78 is 7.53. The highest BCUT2D eigenvalue weighted by molar-refractivity contribution is 5.77. The minimum Gasteiger partial charge on any atom is -0.484 e. The summed E-state index contributed by atoms with van der Waals surface area (Å²) in [5.41, 5.74) is 2.31. The summed E-state index contributed by atoms with van der Waals surface area (Å²) >= 11 is 0. The van der Waals surface area contributed by atoms with Crippen molar-refractivity contribution in [3.8, 4) is 5.75 Å². The monoisotopic (exact) mass is 335 g/mol. The number of carbonyl (C=O) groups is 1. The Morgan fingerprint density at radius 2 is 1.76 bits per heavy atom. The van der Waals surface area contributed by atoms with Crippen molar-refractivity contribution in [1.29, 1.82) is 0 Å². The van der Waals surface area contributed by atoms with Gasteiger partial charge in [-0.05, 0) is 17.7 Å². The van der Waals surface area contributed by atoms with Crippen molar-refractivity contribution < 1.29 is 9.53 Å². The third-order valence-electron chi connectivity index (χ3n) is 3.81. The third kappa shape index (κ3) is 5.21. The first-order valence-electron chi connectivity index (χ1n) is 8.29. The summed E-state index contributed by atoms with van der Waals surface area (Å²) in [5, 5.41) is 2.88. The van der Waals surface area contributed by atoms with Gasteiger partial charge in [-0.2, -0.15) is 0 Å². The van der Waals surface area contributed by atoms with Gasteiger partial charge in [-0.1, -0.05) is 48.5 Å². The molecule has 0 aliphatic rings. The summed E-state index contributed by atoms with van der Waals surface area (Å²) in [6.07, 6.45) is 4.39. The lowest BCUT2D eigenvalue weighted by Crippen LogP contribution is -2.30. The van der Waals surface area contributed by atoms with Gasteiger partial charge < -0.3 is 14.6 Å². The number of amides is 1. The van der Waals surface area contributed by atoms with Gasteiger partial charge in [0.15, 0.2) is 6.61 Å². The summed E-state index contributed by atoms with van der Waals surface area (Å²) in [7, 11) is 0. The smallest absolute Gasteiger partial charge is 0.257 e. The van der Waals surface area contributed by atoms with Crippen LogP contribution in [-0.4, -0.2) is 28.6 Å². The molecular formula is C20H21N3O2. The van der Waals surface area contributed by atoms with Crippen LogP contribution in [0.1, 0.15) is 11.3 Å². The molecule has 0 fully saturated rings. The number of aromatic nitrogens is 2. The first-order valence-corrected chi connectivity index (χ1v) is 8.29. The number of benzene rings is 2. The Labute approximate surface area is 147 Å². The summed E-state index contributed by atoms with van der Waals surface area (Å²) in [6.45, 7) is 1.35. The molecule has 0 atom stereocenters. The van der Waals surface area contributed by atoms with Gasteiger partial charge >= 0.3 is 0 Å². The first kappa shape index (κ1) is 16.8. The fourth-order valence-corrected chi connectivity index (χ4v) is 2.53. The second kappa shape index (κ2) is 8.68. The molecule has 3 rings (SSSR count). The Bertz CT molecular complexity index is 785. The van der Waals surface area contributed by atoms with E-state index in [2.05, 4.69) is 27.0 Å². The molecule has 5 nitrogen and oxygen atoms in total. The summed E-state index contributed by atoms with van der Waals surface area (Å²) in [6, 6.07) is 19.6. The van der Waals surface area contributed by atoms with Crippen LogP contribution in [0.5, 0.6) is 5.75 Å². The molecule has 1 heterocycles. The van der Waals surface area contributed by atoms with Crippen LogP contribution < -0.4 is 10.1 Å². The SMILES string of the molecule is O=C(COc1ccccc1)NCCc1cncn1Cc1ccccc1. The van der Waals surface area contributed by atoms with Gasteiger partial charge in [-0.3, -0.25) is 4.79 Å². The average molecular weight is 335 g/mol. The van der Waals surface area contributed by atoms with Crippen molar-refractivity contribution in [1.82, 2.24) is 14.9 Å². The highest BCUT2D eigenvalue weighted by Crippen LogP contribution is 2.08. The van der Waals surface area contributed by atoms with Crippen molar-refractivity contribution in [2.45, 2.75) is 13.0 Å². The van der Waals surface area contributed by atoms with E-state index in [4.69, 9.17) is 4.74 Å². The van der Waals surface area contributed by atoms with Crippen molar-refractivity contribution >= 4 is 5.91 Å². The largest absolute Gasteiger partial charge is 0.484 e. The van der Waals surface area contributed by atoms with E-state index in [1.54, 1.807) is 0 Å². The van der Waals surface area contributed by atoms with Crippen LogP contribution in [0.15, 0.2) is 73.2 Å². The maximum Gasteiger partial charge on any atom is 0.257 e. The quantitative estimate of drug-likeness (QED) is 0.688. The molecule has 0 saturated carbocycles. The van der Waals surface area contributed by atoms with E-state index >= 15 is 0 Å². The van der Waals surface area contributed by atoms with E-state index in [-0.39, 0.29) is 12.5 Å². The predicted octanol–water partition coefficient (Wildman–Crippen LogP) is 2.67. The highest BCUT2D eigenvalue weighted by Gasteiger charge is 2.05. The Balaban J connectivity index is 1.43. The Hall–Kier alpha value is -3.08. The number of nitrogens with zero attached hydrogens (tertiary/aromatic N) is 2. The molecule has 128 valence electrons. The minimum absolute atomic E-state index is 0.0211. The van der Waals surface area contributed by atoms with Crippen LogP contribution in [0.3, 0.4) is 0 Å². The standard InChI is InChI=1S/C20H21N3O2/c24-20(15-25-19-9-5-2-6-10-19)22-12-11-18-13-21-16-23(18)14-17-7-3-1-4-8-17/h1-10,13,16H,11-12,14-15H2,(H,22,24). The van der Waals surface area contributed by atoms with Crippen LogP contribution >= 0.6 is 0 Å². The lowest BCUT2D eigenvalue weighted by Gasteiger charge is -2.10. The Morgan fingerprint density at radius 3 is 2.52 bits per heavy atom. The zero-order valence-electron chi connectivity index (χ0n) is 14.0. The highest BCUT2D eigenvalue weighted by atomic mass is 16.5. The molecule has 1 N–H and O–H groups in total. The van der Waals surface area contributed by atoms with E-state index in [0.717, 1.165) is 18.7 Å². The third-order valence-corrected chi connectivity index (χ3v) is 3.81. The topological polar surface area (TPSA) is 56.1 Å². The lowest BCUT2D eigenvalue weighted by molar-refractivity contribution is -0.123. The second-order valence-electron chi connectivity index (χ2n) is 5.70. The van der Waals surface area contributed by atoms with Crippen molar-refractivity contribution in [3.05, 3.63) is 84.4 Å². The molecule has 0 spiro atoms. The van der Waals surface area contributed by atoms with Gasteiger partial charge in [0.05, 0.1) is 6.33 Å². The van der Waals surface area contributed by atoms with E-state index in [1.807, 2.05) is 61.1 Å². The number of hydrogen-bond acceptors (Lipinski definition) is 3. The van der Waals surface area contributed by atoms with Gasteiger partial charge in [0.1, 0.15) is 5.75 Å². The van der Waals surface area contributed by atoms with Crippen LogP contribution in [-0.2, 0) is 17.8 Å². The number of imidazole rings is 1. The van der Waals surface area contributed by atoms with E-state index in [1.165, 1.54) is 5.56 Å². The molecule has 25 heavy (non-hydrogen) atoms. The molecule has 0 radical (unpaired) electrons. The lowest BCUT2D eigenvalue weighted by atomic mass is 10.2. The Kier molecular flexibility index (Phi) is 5.82. The molecule has 0 saturated heterocycles. The summed E-state index contributed by atoms with van der Waals surface area (Å²) in [4.78, 5) is 16.1. The van der Waals surface area contributed by atoms with Gasteiger partial charge in [-0.15, -0.1) is 0 Å². The fraction of sp³-hybridized carbons (Fsp3) is 0.200. The van der Waals surface area contributed by atoms with E-state index < -0.39 is 0 Å². The van der Waals surface area contributed by atoms with Gasteiger partial charge in [0, 0.05) is 31.4 Å². The molecule has 0 bridgehead atoms. The molecule has 0 aliphatic heterocycles. The zero-order valence-corrected chi connectivity index (χ0v) is 14.0. The normalized spacial score (nSPS) is 10.4. The van der Waals surface area contributed by atoms with Crippen molar-refractivity contribution in [2.24, 2.45) is 0 Å². The Morgan fingerprint density at radius 1 is 1.04 bits per heavy atom. The zero-order chi connectivity index (χ0) is 17.3. The number of para-hydroxylation sites is 1. The van der Waals surface area contributed by atoms with Crippen LogP contribution in [0, 0.1) is 0 Å². The van der Waals surface area contributed by atoms with Gasteiger partial charge in [-0.25, -0.2) is 4.98 Å². The molecule has 1 amide bonds.